The SMILES string of the molecule is CC(C)c1ccc(-n2nc(SCC(=O)Nc3ccc(Br)cc3F)ccc2=O)cc1. The number of carbonyl (C=O) groups excluding carboxylic acids is 1. The molecular formula is C21H19BrFN3O2S. The maximum absolute atomic E-state index is 13.8. The van der Waals surface area contributed by atoms with Gasteiger partial charge in [0.15, 0.2) is 0 Å². The van der Waals surface area contributed by atoms with Gasteiger partial charge < -0.3 is 5.32 Å². The molecule has 0 bridgehead atoms. The van der Waals surface area contributed by atoms with E-state index < -0.39 is 5.82 Å². The Kier molecular flexibility index (Phi) is 6.87. The van der Waals surface area contributed by atoms with Crippen LogP contribution >= 0.6 is 27.7 Å². The van der Waals surface area contributed by atoms with Gasteiger partial charge >= 0.3 is 0 Å². The summed E-state index contributed by atoms with van der Waals surface area (Å²) in [7, 11) is 0. The minimum absolute atomic E-state index is 0.0347. The largest absolute Gasteiger partial charge is 0.323 e. The predicted molar refractivity (Wildman–Crippen MR) is 117 cm³/mol. The third-order valence-electron chi connectivity index (χ3n) is 4.14. The molecule has 0 fully saturated rings. The molecule has 0 unspecified atom stereocenters. The molecule has 0 saturated carbocycles. The van der Waals surface area contributed by atoms with Crippen LogP contribution in [0.4, 0.5) is 10.1 Å². The summed E-state index contributed by atoms with van der Waals surface area (Å²) < 4.78 is 15.7. The Morgan fingerprint density at radius 1 is 1.17 bits per heavy atom. The molecule has 8 heteroatoms. The van der Waals surface area contributed by atoms with Gasteiger partial charge in [-0.2, -0.15) is 9.78 Å². The Morgan fingerprint density at radius 2 is 1.90 bits per heavy atom. The highest BCUT2D eigenvalue weighted by Gasteiger charge is 2.10. The number of thioether (sulfide) groups is 1. The van der Waals surface area contributed by atoms with Crippen LogP contribution in [0.2, 0.25) is 0 Å². The molecule has 1 heterocycles. The summed E-state index contributed by atoms with van der Waals surface area (Å²) in [6.45, 7) is 4.20. The van der Waals surface area contributed by atoms with Gasteiger partial charge in [0.2, 0.25) is 5.91 Å². The van der Waals surface area contributed by atoms with Crippen LogP contribution in [0, 0.1) is 5.82 Å². The summed E-state index contributed by atoms with van der Waals surface area (Å²) in [5.74, 6) is -0.455. The van der Waals surface area contributed by atoms with Crippen molar-refractivity contribution in [2.75, 3.05) is 11.1 Å². The van der Waals surface area contributed by atoms with E-state index in [1.807, 2.05) is 24.3 Å². The summed E-state index contributed by atoms with van der Waals surface area (Å²) >= 11 is 4.34. The Morgan fingerprint density at radius 3 is 2.55 bits per heavy atom. The number of benzene rings is 2. The third-order valence-corrected chi connectivity index (χ3v) is 5.55. The first-order chi connectivity index (χ1) is 13.8. The summed E-state index contributed by atoms with van der Waals surface area (Å²) in [6, 6.07) is 15.0. The number of hydrogen-bond donors (Lipinski definition) is 1. The molecule has 1 amide bonds. The zero-order chi connectivity index (χ0) is 21.0. The topological polar surface area (TPSA) is 64.0 Å². The van der Waals surface area contributed by atoms with Crippen molar-refractivity contribution in [1.29, 1.82) is 0 Å². The molecule has 150 valence electrons. The minimum atomic E-state index is -0.519. The molecule has 0 atom stereocenters. The highest BCUT2D eigenvalue weighted by atomic mass is 79.9. The van der Waals surface area contributed by atoms with Crippen LogP contribution < -0.4 is 10.9 Å². The molecular weight excluding hydrogens is 457 g/mol. The van der Waals surface area contributed by atoms with Crippen molar-refractivity contribution in [1.82, 2.24) is 9.78 Å². The minimum Gasteiger partial charge on any atom is -0.323 e. The summed E-state index contributed by atoms with van der Waals surface area (Å²) in [4.78, 5) is 24.3. The fourth-order valence-electron chi connectivity index (χ4n) is 2.57. The van der Waals surface area contributed by atoms with Crippen LogP contribution in [0.15, 0.2) is 68.9 Å². The predicted octanol–water partition coefficient (Wildman–Crippen LogP) is 4.99. The molecule has 0 aliphatic heterocycles. The fourth-order valence-corrected chi connectivity index (χ4v) is 3.56. The van der Waals surface area contributed by atoms with Crippen molar-refractivity contribution in [3.63, 3.8) is 0 Å². The van der Waals surface area contributed by atoms with E-state index in [4.69, 9.17) is 0 Å². The first kappa shape index (κ1) is 21.3. The number of amides is 1. The number of carbonyl (C=O) groups is 1. The smallest absolute Gasteiger partial charge is 0.271 e. The lowest BCUT2D eigenvalue weighted by Gasteiger charge is -2.10. The van der Waals surface area contributed by atoms with E-state index in [9.17, 15) is 14.0 Å². The van der Waals surface area contributed by atoms with E-state index >= 15 is 0 Å². The molecule has 0 aliphatic rings. The van der Waals surface area contributed by atoms with Crippen molar-refractivity contribution in [2.24, 2.45) is 0 Å². The lowest BCUT2D eigenvalue weighted by molar-refractivity contribution is -0.113. The molecule has 2 aromatic carbocycles. The van der Waals surface area contributed by atoms with Gasteiger partial charge in [-0.1, -0.05) is 53.7 Å². The second kappa shape index (κ2) is 9.37. The molecule has 29 heavy (non-hydrogen) atoms. The number of hydrogen-bond acceptors (Lipinski definition) is 4. The molecule has 5 nitrogen and oxygen atoms in total. The van der Waals surface area contributed by atoms with Crippen LogP contribution in [-0.4, -0.2) is 21.4 Å². The first-order valence-corrected chi connectivity index (χ1v) is 10.7. The standard InChI is InChI=1S/C21H19BrFN3O2S/c1-13(2)14-3-6-16(7-4-14)26-21(28)10-9-20(25-26)29-12-19(27)24-18-8-5-15(22)11-17(18)23/h3-11,13H,12H2,1-2H3,(H,24,27). The zero-order valence-electron chi connectivity index (χ0n) is 15.9. The van der Waals surface area contributed by atoms with Crippen LogP contribution in [0.3, 0.4) is 0 Å². The molecule has 3 rings (SSSR count). The number of rotatable bonds is 6. The maximum Gasteiger partial charge on any atom is 0.271 e. The Balaban J connectivity index is 1.69. The molecule has 0 saturated heterocycles. The van der Waals surface area contributed by atoms with Gasteiger partial charge in [-0.25, -0.2) is 4.39 Å². The zero-order valence-corrected chi connectivity index (χ0v) is 18.3. The monoisotopic (exact) mass is 475 g/mol. The average molecular weight is 476 g/mol. The highest BCUT2D eigenvalue weighted by molar-refractivity contribution is 9.10. The van der Waals surface area contributed by atoms with Crippen LogP contribution in [0.1, 0.15) is 25.3 Å². The van der Waals surface area contributed by atoms with Crippen molar-refractivity contribution in [2.45, 2.75) is 24.8 Å². The van der Waals surface area contributed by atoms with Gasteiger partial charge in [0.25, 0.3) is 5.56 Å². The van der Waals surface area contributed by atoms with Crippen LogP contribution in [0.25, 0.3) is 5.69 Å². The van der Waals surface area contributed by atoms with E-state index in [2.05, 4.69) is 40.2 Å². The van der Waals surface area contributed by atoms with Gasteiger partial charge in [-0.3, -0.25) is 9.59 Å². The Hall–Kier alpha value is -2.45. The second-order valence-corrected chi connectivity index (χ2v) is 8.54. The fraction of sp³-hybridized carbons (Fsp3) is 0.190. The van der Waals surface area contributed by atoms with E-state index in [1.54, 1.807) is 12.1 Å². The van der Waals surface area contributed by atoms with E-state index in [-0.39, 0.29) is 22.9 Å². The third kappa shape index (κ3) is 5.55. The molecule has 0 aliphatic carbocycles. The van der Waals surface area contributed by atoms with E-state index in [0.29, 0.717) is 21.1 Å². The quantitative estimate of drug-likeness (QED) is 0.510. The number of nitrogens with zero attached hydrogens (tertiary/aromatic N) is 2. The number of aromatic nitrogens is 2. The van der Waals surface area contributed by atoms with Crippen molar-refractivity contribution >= 4 is 39.3 Å². The molecule has 1 aromatic heterocycles. The van der Waals surface area contributed by atoms with Gasteiger partial charge in [0, 0.05) is 10.5 Å². The van der Waals surface area contributed by atoms with Crippen molar-refractivity contribution < 1.29 is 9.18 Å². The number of anilines is 1. The van der Waals surface area contributed by atoms with Gasteiger partial charge in [-0.15, -0.1) is 0 Å². The highest BCUT2D eigenvalue weighted by Crippen LogP contribution is 2.21. The summed E-state index contributed by atoms with van der Waals surface area (Å²) in [5.41, 5.74) is 1.68. The Bertz CT molecular complexity index is 1080. The average Bonchev–Trinajstić information content (AvgIpc) is 2.69. The summed E-state index contributed by atoms with van der Waals surface area (Å²) in [5, 5.41) is 7.38. The summed E-state index contributed by atoms with van der Waals surface area (Å²) in [6.07, 6.45) is 0. The molecule has 1 N–H and O–H groups in total. The van der Waals surface area contributed by atoms with E-state index in [0.717, 1.165) is 0 Å². The van der Waals surface area contributed by atoms with Gasteiger partial charge in [0.1, 0.15) is 10.8 Å². The maximum atomic E-state index is 13.8. The lowest BCUT2D eigenvalue weighted by atomic mass is 10.0. The lowest BCUT2D eigenvalue weighted by Crippen LogP contribution is -2.21. The van der Waals surface area contributed by atoms with Gasteiger partial charge in [0.05, 0.1) is 17.1 Å². The number of halogens is 2. The molecule has 0 spiro atoms. The van der Waals surface area contributed by atoms with Gasteiger partial charge in [-0.05, 0) is 47.9 Å². The van der Waals surface area contributed by atoms with Crippen LogP contribution in [-0.2, 0) is 4.79 Å². The van der Waals surface area contributed by atoms with Crippen molar-refractivity contribution in [3.05, 3.63) is 80.8 Å². The molecule has 0 radical (unpaired) electrons. The second-order valence-electron chi connectivity index (χ2n) is 6.63. The van der Waals surface area contributed by atoms with Crippen molar-refractivity contribution in [3.8, 4) is 5.69 Å². The van der Waals surface area contributed by atoms with E-state index in [1.165, 1.54) is 40.2 Å². The Labute approximate surface area is 180 Å². The molecule has 3 aromatic rings. The number of nitrogens with one attached hydrogen (secondary N) is 1. The normalized spacial score (nSPS) is 10.9. The first-order valence-electron chi connectivity index (χ1n) is 8.92. The van der Waals surface area contributed by atoms with Crippen LogP contribution in [0.5, 0.6) is 0 Å².